The average Bonchev–Trinajstić information content (AvgIpc) is 2.15. The van der Waals surface area contributed by atoms with E-state index in [0.717, 1.165) is 17.5 Å². The lowest BCUT2D eigenvalue weighted by molar-refractivity contribution is -0.104. The first-order chi connectivity index (χ1) is 6.25. The van der Waals surface area contributed by atoms with E-state index in [1.807, 2.05) is 49.3 Å². The molecule has 68 valence electrons. The minimum absolute atomic E-state index is 0.808. The van der Waals surface area contributed by atoms with Crippen molar-refractivity contribution in [2.24, 2.45) is 0 Å². The van der Waals surface area contributed by atoms with Crippen LogP contribution in [0, 0.1) is 0 Å². The van der Waals surface area contributed by atoms with Crippen molar-refractivity contribution in [1.29, 1.82) is 0 Å². The molecule has 0 saturated carbocycles. The second kappa shape index (κ2) is 4.45. The molecule has 0 saturated heterocycles. The van der Waals surface area contributed by atoms with Gasteiger partial charge in [0, 0.05) is 25.9 Å². The molecule has 2 nitrogen and oxygen atoms in total. The van der Waals surface area contributed by atoms with Crippen LogP contribution in [0.15, 0.2) is 36.4 Å². The van der Waals surface area contributed by atoms with Gasteiger partial charge in [-0.1, -0.05) is 30.3 Å². The van der Waals surface area contributed by atoms with Gasteiger partial charge >= 0.3 is 0 Å². The van der Waals surface area contributed by atoms with Gasteiger partial charge in [-0.15, -0.1) is 0 Å². The fraction of sp³-hybridized carbons (Fsp3) is 0.182. The van der Waals surface area contributed by atoms with Crippen LogP contribution in [-0.2, 0) is 4.79 Å². The summed E-state index contributed by atoms with van der Waals surface area (Å²) >= 11 is 0. The first-order valence-electron chi connectivity index (χ1n) is 4.14. The average molecular weight is 175 g/mol. The predicted molar refractivity (Wildman–Crippen MR) is 54.2 cm³/mol. The molecule has 0 unspecified atom stereocenters. The Morgan fingerprint density at radius 2 is 1.85 bits per heavy atom. The van der Waals surface area contributed by atoms with E-state index in [0.29, 0.717) is 0 Å². The molecule has 1 rings (SSSR count). The van der Waals surface area contributed by atoms with Crippen molar-refractivity contribution in [1.82, 2.24) is 4.90 Å². The maximum Gasteiger partial charge on any atom is 0.144 e. The molecule has 0 heterocycles. The topological polar surface area (TPSA) is 20.3 Å². The molecule has 0 amide bonds. The van der Waals surface area contributed by atoms with Gasteiger partial charge in [-0.3, -0.25) is 4.79 Å². The van der Waals surface area contributed by atoms with Crippen LogP contribution in [-0.4, -0.2) is 25.3 Å². The SMILES string of the molecule is CN(C)/C(=C\C=O)c1ccccc1. The maximum atomic E-state index is 10.4. The highest BCUT2D eigenvalue weighted by molar-refractivity contribution is 5.80. The number of carbonyl (C=O) groups excluding carboxylic acids is 1. The lowest BCUT2D eigenvalue weighted by atomic mass is 10.1. The first kappa shape index (κ1) is 9.52. The zero-order valence-corrected chi connectivity index (χ0v) is 7.90. The third-order valence-corrected chi connectivity index (χ3v) is 1.78. The fourth-order valence-corrected chi connectivity index (χ4v) is 1.18. The Labute approximate surface area is 78.5 Å². The number of hydrogen-bond donors (Lipinski definition) is 0. The van der Waals surface area contributed by atoms with E-state index >= 15 is 0 Å². The van der Waals surface area contributed by atoms with Crippen LogP contribution in [0.2, 0.25) is 0 Å². The molecule has 2 heteroatoms. The van der Waals surface area contributed by atoms with Gasteiger partial charge in [-0.2, -0.15) is 0 Å². The van der Waals surface area contributed by atoms with E-state index in [-0.39, 0.29) is 0 Å². The van der Waals surface area contributed by atoms with Crippen LogP contribution in [0.5, 0.6) is 0 Å². The zero-order valence-electron chi connectivity index (χ0n) is 7.90. The quantitative estimate of drug-likeness (QED) is 0.515. The molecule has 1 aromatic carbocycles. The number of hydrogen-bond acceptors (Lipinski definition) is 2. The standard InChI is InChI=1S/C11H13NO/c1-12(2)11(8-9-13)10-6-4-3-5-7-10/h3-9H,1-2H3/b11-8-. The van der Waals surface area contributed by atoms with Crippen molar-refractivity contribution in [2.45, 2.75) is 0 Å². The number of allylic oxidation sites excluding steroid dienone is 1. The third-order valence-electron chi connectivity index (χ3n) is 1.78. The minimum Gasteiger partial charge on any atom is -0.377 e. The summed E-state index contributed by atoms with van der Waals surface area (Å²) in [5.41, 5.74) is 1.98. The van der Waals surface area contributed by atoms with Crippen molar-refractivity contribution >= 4 is 12.0 Å². The molecular weight excluding hydrogens is 162 g/mol. The number of aldehydes is 1. The van der Waals surface area contributed by atoms with Crippen LogP contribution < -0.4 is 0 Å². The van der Waals surface area contributed by atoms with Crippen molar-refractivity contribution in [3.8, 4) is 0 Å². The number of rotatable bonds is 3. The van der Waals surface area contributed by atoms with Crippen LogP contribution in [0.25, 0.3) is 5.70 Å². The molecule has 0 aromatic heterocycles. The van der Waals surface area contributed by atoms with Crippen LogP contribution in [0.4, 0.5) is 0 Å². The summed E-state index contributed by atoms with van der Waals surface area (Å²) in [6.07, 6.45) is 2.37. The molecule has 0 atom stereocenters. The third kappa shape index (κ3) is 2.44. The second-order valence-corrected chi connectivity index (χ2v) is 2.95. The zero-order chi connectivity index (χ0) is 9.68. The van der Waals surface area contributed by atoms with Crippen molar-refractivity contribution in [3.63, 3.8) is 0 Å². The van der Waals surface area contributed by atoms with E-state index in [9.17, 15) is 4.79 Å². The van der Waals surface area contributed by atoms with Crippen molar-refractivity contribution < 1.29 is 4.79 Å². The van der Waals surface area contributed by atoms with Gasteiger partial charge in [0.25, 0.3) is 0 Å². The highest BCUT2D eigenvalue weighted by Crippen LogP contribution is 2.14. The molecular formula is C11H13NO. The summed E-state index contributed by atoms with van der Waals surface area (Å²) in [4.78, 5) is 12.3. The van der Waals surface area contributed by atoms with Gasteiger partial charge in [-0.05, 0) is 5.56 Å². The summed E-state index contributed by atoms with van der Waals surface area (Å²) in [5, 5.41) is 0. The monoisotopic (exact) mass is 175 g/mol. The Morgan fingerprint density at radius 3 is 2.31 bits per heavy atom. The molecule has 0 aliphatic heterocycles. The molecule has 0 fully saturated rings. The largest absolute Gasteiger partial charge is 0.377 e. The summed E-state index contributed by atoms with van der Waals surface area (Å²) in [7, 11) is 3.84. The Hall–Kier alpha value is -1.57. The first-order valence-corrected chi connectivity index (χ1v) is 4.14. The van der Waals surface area contributed by atoms with Crippen molar-refractivity contribution in [3.05, 3.63) is 42.0 Å². The minimum atomic E-state index is 0.808. The molecule has 0 aliphatic rings. The van der Waals surface area contributed by atoms with Gasteiger partial charge in [0.1, 0.15) is 6.29 Å². The molecule has 0 radical (unpaired) electrons. The Morgan fingerprint density at radius 1 is 1.23 bits per heavy atom. The molecule has 13 heavy (non-hydrogen) atoms. The van der Waals surface area contributed by atoms with Crippen LogP contribution >= 0.6 is 0 Å². The van der Waals surface area contributed by atoms with Gasteiger partial charge in [0.15, 0.2) is 0 Å². The predicted octanol–water partition coefficient (Wildman–Crippen LogP) is 1.79. The van der Waals surface area contributed by atoms with E-state index in [2.05, 4.69) is 0 Å². The van der Waals surface area contributed by atoms with Gasteiger partial charge in [0.05, 0.1) is 0 Å². The van der Waals surface area contributed by atoms with E-state index in [4.69, 9.17) is 0 Å². The Balaban J connectivity index is 3.03. The van der Waals surface area contributed by atoms with E-state index < -0.39 is 0 Å². The molecule has 0 bridgehead atoms. The van der Waals surface area contributed by atoms with Gasteiger partial charge in [-0.25, -0.2) is 0 Å². The molecule has 0 N–H and O–H groups in total. The summed E-state index contributed by atoms with van der Waals surface area (Å²) in [6.45, 7) is 0. The van der Waals surface area contributed by atoms with Crippen LogP contribution in [0.1, 0.15) is 5.56 Å². The second-order valence-electron chi connectivity index (χ2n) is 2.95. The van der Waals surface area contributed by atoms with Gasteiger partial charge < -0.3 is 4.90 Å². The highest BCUT2D eigenvalue weighted by atomic mass is 16.1. The smallest absolute Gasteiger partial charge is 0.144 e. The lowest BCUT2D eigenvalue weighted by Crippen LogP contribution is -2.09. The Bertz CT molecular complexity index is 301. The summed E-state index contributed by atoms with van der Waals surface area (Å²) in [6, 6.07) is 9.83. The summed E-state index contributed by atoms with van der Waals surface area (Å²) < 4.78 is 0. The molecule has 1 aromatic rings. The molecule has 0 spiro atoms. The van der Waals surface area contributed by atoms with Crippen molar-refractivity contribution in [2.75, 3.05) is 14.1 Å². The van der Waals surface area contributed by atoms with Crippen LogP contribution in [0.3, 0.4) is 0 Å². The van der Waals surface area contributed by atoms with E-state index in [1.54, 1.807) is 6.08 Å². The highest BCUT2D eigenvalue weighted by Gasteiger charge is 2.01. The number of carbonyl (C=O) groups is 1. The molecule has 0 aliphatic carbocycles. The normalized spacial score (nSPS) is 11.1. The fourth-order valence-electron chi connectivity index (χ4n) is 1.18. The van der Waals surface area contributed by atoms with E-state index in [1.165, 1.54) is 0 Å². The van der Waals surface area contributed by atoms with Gasteiger partial charge in [0.2, 0.25) is 0 Å². The number of nitrogens with zero attached hydrogens (tertiary/aromatic N) is 1. The Kier molecular flexibility index (Phi) is 3.26. The summed E-state index contributed by atoms with van der Waals surface area (Å²) in [5.74, 6) is 0. The number of benzene rings is 1. The maximum absolute atomic E-state index is 10.4. The lowest BCUT2D eigenvalue weighted by Gasteiger charge is -2.16.